The summed E-state index contributed by atoms with van der Waals surface area (Å²) in [6, 6.07) is 0.403. The van der Waals surface area contributed by atoms with E-state index in [9.17, 15) is 0 Å². The summed E-state index contributed by atoms with van der Waals surface area (Å²) in [6.45, 7) is 4.35. The van der Waals surface area contributed by atoms with Crippen molar-refractivity contribution in [3.05, 3.63) is 0 Å². The number of nitrogens with two attached hydrogens (primary N) is 2. The summed E-state index contributed by atoms with van der Waals surface area (Å²) in [5.74, 6) is 0. The minimum atomic E-state index is 0.403. The Kier molecular flexibility index (Phi) is 19.5. The van der Waals surface area contributed by atoms with Gasteiger partial charge in [-0.1, -0.05) is 51.9 Å². The topological polar surface area (TPSA) is 52.0 Å². The fourth-order valence-electron chi connectivity index (χ4n) is 1.42. The van der Waals surface area contributed by atoms with Gasteiger partial charge in [-0.05, 0) is 13.3 Å². The molecule has 0 bridgehead atoms. The quantitative estimate of drug-likeness (QED) is 0.635. The molecule has 0 fully saturated rings. The molecule has 1 unspecified atom stereocenters. The first-order chi connectivity index (χ1) is 6.77. The van der Waals surface area contributed by atoms with Gasteiger partial charge in [-0.25, -0.2) is 0 Å². The molecule has 0 aliphatic carbocycles. The standard InChI is InChI=1S/C11H25N.H2N.Pt/c1-3-4-5-6-7-8-9-10-11(2)12;;/h11H,3-10,12H2,1-2H3;1H2;/q;-1;+1. The van der Waals surface area contributed by atoms with Crippen LogP contribution in [0.15, 0.2) is 0 Å². The summed E-state index contributed by atoms with van der Waals surface area (Å²) < 4.78 is 4.47. The van der Waals surface area contributed by atoms with Crippen LogP contribution in [0, 0.1) is 0 Å². The Labute approximate surface area is 101 Å². The Morgan fingerprint density at radius 1 is 0.929 bits per heavy atom. The summed E-state index contributed by atoms with van der Waals surface area (Å²) in [4.78, 5) is 0. The fourth-order valence-corrected chi connectivity index (χ4v) is 1.42. The molecule has 0 radical (unpaired) electrons. The second kappa shape index (κ2) is 16.1. The molecule has 1 atom stereocenters. The molecule has 0 aromatic carbocycles. The van der Waals surface area contributed by atoms with E-state index in [1.807, 2.05) is 0 Å². The Hall–Kier alpha value is 0.608. The molecule has 91 valence electrons. The molecule has 4 N–H and O–H groups in total. The van der Waals surface area contributed by atoms with Crippen LogP contribution in [0.3, 0.4) is 0 Å². The van der Waals surface area contributed by atoms with Gasteiger partial charge in [0.25, 0.3) is 0 Å². The Morgan fingerprint density at radius 2 is 1.36 bits per heavy atom. The van der Waals surface area contributed by atoms with Crippen molar-refractivity contribution < 1.29 is 20.1 Å². The minimum absolute atomic E-state index is 0.403. The van der Waals surface area contributed by atoms with Crippen molar-refractivity contribution >= 4 is 0 Å². The van der Waals surface area contributed by atoms with E-state index in [1.165, 1.54) is 51.4 Å². The molecule has 0 saturated heterocycles. The van der Waals surface area contributed by atoms with E-state index in [0.29, 0.717) is 6.04 Å². The number of rotatable bonds is 8. The van der Waals surface area contributed by atoms with E-state index < -0.39 is 0 Å². The second-order valence-electron chi connectivity index (χ2n) is 3.89. The average Bonchev–Trinajstić information content (AvgIpc) is 2.19. The van der Waals surface area contributed by atoms with Crippen LogP contribution in [0.5, 0.6) is 0 Å². The zero-order valence-corrected chi connectivity index (χ0v) is 12.0. The molecule has 0 rings (SSSR count). The zero-order chi connectivity index (χ0) is 11.2. The predicted molar refractivity (Wildman–Crippen MR) is 60.4 cm³/mol. The van der Waals surface area contributed by atoms with E-state index in [0.717, 1.165) is 0 Å². The van der Waals surface area contributed by atoms with Crippen LogP contribution in [-0.4, -0.2) is 6.04 Å². The zero-order valence-electron chi connectivity index (χ0n) is 9.71. The van der Waals surface area contributed by atoms with Crippen molar-refractivity contribution in [2.24, 2.45) is 10.0 Å². The number of hydrogen-bond donors (Lipinski definition) is 2. The third kappa shape index (κ3) is 18.4. The molecular formula is C11H27N2Pt. The summed E-state index contributed by atoms with van der Waals surface area (Å²) >= 11 is 1.64. The van der Waals surface area contributed by atoms with Gasteiger partial charge >= 0.3 is 24.4 Å². The molecule has 0 spiro atoms. The van der Waals surface area contributed by atoms with Crippen molar-refractivity contribution in [3.63, 3.8) is 0 Å². The van der Waals surface area contributed by atoms with Crippen LogP contribution < -0.4 is 10.0 Å². The van der Waals surface area contributed by atoms with E-state index in [4.69, 9.17) is 5.73 Å². The van der Waals surface area contributed by atoms with Crippen LogP contribution >= 0.6 is 0 Å². The Morgan fingerprint density at radius 3 is 1.79 bits per heavy atom. The summed E-state index contributed by atoms with van der Waals surface area (Å²) in [6.07, 6.45) is 10.9. The van der Waals surface area contributed by atoms with Gasteiger partial charge in [0, 0.05) is 6.04 Å². The third-order valence-electron chi connectivity index (χ3n) is 2.26. The first-order valence-corrected chi connectivity index (χ1v) is 7.02. The van der Waals surface area contributed by atoms with Crippen LogP contribution in [0.2, 0.25) is 0 Å². The van der Waals surface area contributed by atoms with Gasteiger partial charge in [0.15, 0.2) is 0 Å². The SMILES string of the molecule is CCCCCCCCCC(C)N.[NH2][Pt]. The normalized spacial score (nSPS) is 11.9. The van der Waals surface area contributed by atoms with Gasteiger partial charge in [-0.2, -0.15) is 0 Å². The first kappa shape index (κ1) is 17.0. The molecule has 0 heterocycles. The van der Waals surface area contributed by atoms with Gasteiger partial charge in [0.05, 0.1) is 0 Å². The molecule has 14 heavy (non-hydrogen) atoms. The Bertz CT molecular complexity index is 87.4. The molecule has 0 saturated carbocycles. The predicted octanol–water partition coefficient (Wildman–Crippen LogP) is 2.88. The van der Waals surface area contributed by atoms with Gasteiger partial charge in [0.1, 0.15) is 0 Å². The van der Waals surface area contributed by atoms with Gasteiger partial charge < -0.3 is 5.73 Å². The molecule has 3 heteroatoms. The van der Waals surface area contributed by atoms with E-state index >= 15 is 0 Å². The monoisotopic (exact) mass is 382 g/mol. The molecule has 0 aromatic rings. The molecule has 0 amide bonds. The maximum absolute atomic E-state index is 5.65. The third-order valence-corrected chi connectivity index (χ3v) is 2.26. The second-order valence-corrected chi connectivity index (χ2v) is 3.89. The van der Waals surface area contributed by atoms with Crippen molar-refractivity contribution in [1.82, 2.24) is 0 Å². The van der Waals surface area contributed by atoms with Crippen LogP contribution in [0.1, 0.15) is 65.2 Å². The van der Waals surface area contributed by atoms with Gasteiger partial charge in [-0.15, -0.1) is 0 Å². The van der Waals surface area contributed by atoms with Crippen molar-refractivity contribution in [1.29, 1.82) is 0 Å². The fraction of sp³-hybridized carbons (Fsp3) is 1.00. The van der Waals surface area contributed by atoms with Gasteiger partial charge in [0.2, 0.25) is 0 Å². The van der Waals surface area contributed by atoms with Crippen molar-refractivity contribution in [2.75, 3.05) is 0 Å². The summed E-state index contributed by atoms with van der Waals surface area (Å²) in [7, 11) is 0. The van der Waals surface area contributed by atoms with E-state index in [2.05, 4.69) is 18.1 Å². The van der Waals surface area contributed by atoms with Crippen LogP contribution in [0.25, 0.3) is 0 Å². The molecule has 2 nitrogen and oxygen atoms in total. The molecule has 0 aromatic heterocycles. The molecule has 0 aliphatic rings. The Balaban J connectivity index is 0. The van der Waals surface area contributed by atoms with Crippen molar-refractivity contribution in [3.8, 4) is 0 Å². The van der Waals surface area contributed by atoms with Crippen molar-refractivity contribution in [2.45, 2.75) is 71.3 Å². The van der Waals surface area contributed by atoms with Gasteiger partial charge in [-0.3, -0.25) is 0 Å². The van der Waals surface area contributed by atoms with Crippen LogP contribution in [0.4, 0.5) is 0 Å². The number of hydrogen-bond acceptors (Lipinski definition) is 2. The van der Waals surface area contributed by atoms with E-state index in [-0.39, 0.29) is 0 Å². The number of unbranched alkanes of at least 4 members (excludes halogenated alkanes) is 6. The molecular weight excluding hydrogens is 355 g/mol. The molecule has 0 aliphatic heterocycles. The first-order valence-electron chi connectivity index (χ1n) is 5.71. The summed E-state index contributed by atoms with van der Waals surface area (Å²) in [5, 5.41) is 0. The van der Waals surface area contributed by atoms with Crippen LogP contribution in [-0.2, 0) is 20.1 Å². The average molecular weight is 382 g/mol. The van der Waals surface area contributed by atoms with E-state index in [1.54, 1.807) is 20.1 Å². The maximum atomic E-state index is 5.65. The summed E-state index contributed by atoms with van der Waals surface area (Å²) in [5.41, 5.74) is 5.65.